The Morgan fingerprint density at radius 2 is 2.47 bits per heavy atom. The lowest BCUT2D eigenvalue weighted by Gasteiger charge is -2.15. The summed E-state index contributed by atoms with van der Waals surface area (Å²) >= 11 is 0. The molecule has 1 fully saturated rings. The number of carbonyl (C=O) groups excluding carboxylic acids is 1. The molecule has 0 aromatic carbocycles. The summed E-state index contributed by atoms with van der Waals surface area (Å²) in [5.41, 5.74) is 5.98. The van der Waals surface area contributed by atoms with Crippen LogP contribution in [0.5, 0.6) is 0 Å². The zero-order chi connectivity index (χ0) is 10.7. The van der Waals surface area contributed by atoms with Crippen LogP contribution in [0, 0.1) is 5.92 Å². The number of carbonyl (C=O) groups is 1. The van der Waals surface area contributed by atoms with Crippen molar-refractivity contribution in [3.63, 3.8) is 0 Å². The number of hydrogen-bond donors (Lipinski definition) is 1. The van der Waals surface area contributed by atoms with Gasteiger partial charge in [0, 0.05) is 25.5 Å². The predicted octanol–water partition coefficient (Wildman–Crippen LogP) is -0.103. The second-order valence-electron chi connectivity index (χ2n) is 3.73. The number of hydrogen-bond acceptors (Lipinski definition) is 4. The molecule has 2 heterocycles. The van der Waals surface area contributed by atoms with Crippen molar-refractivity contribution in [1.29, 1.82) is 0 Å². The van der Waals surface area contributed by atoms with Crippen molar-refractivity contribution in [3.8, 4) is 0 Å². The molecule has 0 spiro atoms. The molecule has 0 bridgehead atoms. The van der Waals surface area contributed by atoms with Crippen molar-refractivity contribution in [2.75, 3.05) is 19.6 Å². The topological polar surface area (TPSA) is 72.1 Å². The Labute approximate surface area is 88.3 Å². The molecule has 1 aliphatic rings. The number of nitrogens with zero attached hydrogens (tertiary/aromatic N) is 3. The van der Waals surface area contributed by atoms with Crippen molar-refractivity contribution in [3.05, 3.63) is 24.3 Å². The molecule has 1 aromatic heterocycles. The van der Waals surface area contributed by atoms with Gasteiger partial charge in [-0.2, -0.15) is 0 Å². The van der Waals surface area contributed by atoms with Gasteiger partial charge >= 0.3 is 0 Å². The number of rotatable bonds is 2. The maximum Gasteiger partial charge on any atom is 0.274 e. The van der Waals surface area contributed by atoms with Gasteiger partial charge in [-0.1, -0.05) is 0 Å². The van der Waals surface area contributed by atoms with E-state index in [0.29, 0.717) is 18.2 Å². The molecule has 1 aliphatic heterocycles. The average Bonchev–Trinajstić information content (AvgIpc) is 2.78. The normalized spacial score (nSPS) is 20.6. The van der Waals surface area contributed by atoms with Crippen LogP contribution >= 0.6 is 0 Å². The maximum atomic E-state index is 11.9. The molecular weight excluding hydrogens is 192 g/mol. The molecule has 0 saturated carbocycles. The van der Waals surface area contributed by atoms with Crippen LogP contribution in [-0.4, -0.2) is 40.4 Å². The molecule has 2 rings (SSSR count). The van der Waals surface area contributed by atoms with E-state index in [9.17, 15) is 4.79 Å². The standard InChI is InChI=1S/C10H14N4O/c11-5-8-1-4-14(7-8)10(15)9-6-12-2-3-13-9/h2-3,6,8H,1,4-5,7,11H2/t8-/m0/s1. The molecule has 0 unspecified atom stereocenters. The minimum absolute atomic E-state index is 0.0425. The molecule has 5 heteroatoms. The average molecular weight is 206 g/mol. The van der Waals surface area contributed by atoms with E-state index in [1.54, 1.807) is 11.1 Å². The van der Waals surface area contributed by atoms with Crippen molar-refractivity contribution in [2.45, 2.75) is 6.42 Å². The van der Waals surface area contributed by atoms with E-state index >= 15 is 0 Å². The Balaban J connectivity index is 2.04. The first-order valence-electron chi connectivity index (χ1n) is 5.06. The number of likely N-dealkylation sites (tertiary alicyclic amines) is 1. The monoisotopic (exact) mass is 206 g/mol. The highest BCUT2D eigenvalue weighted by atomic mass is 16.2. The molecule has 5 nitrogen and oxygen atoms in total. The van der Waals surface area contributed by atoms with Crippen LogP contribution in [0.4, 0.5) is 0 Å². The van der Waals surface area contributed by atoms with Crippen molar-refractivity contribution in [2.24, 2.45) is 11.7 Å². The third-order valence-electron chi connectivity index (χ3n) is 2.69. The third-order valence-corrected chi connectivity index (χ3v) is 2.69. The summed E-state index contributed by atoms with van der Waals surface area (Å²) in [7, 11) is 0. The third kappa shape index (κ3) is 2.12. The van der Waals surface area contributed by atoms with E-state index in [-0.39, 0.29) is 5.91 Å². The van der Waals surface area contributed by atoms with E-state index in [1.165, 1.54) is 12.4 Å². The predicted molar refractivity (Wildman–Crippen MR) is 55.1 cm³/mol. The first-order chi connectivity index (χ1) is 7.31. The number of aromatic nitrogens is 2. The van der Waals surface area contributed by atoms with Crippen LogP contribution in [0.3, 0.4) is 0 Å². The lowest BCUT2D eigenvalue weighted by Crippen LogP contribution is -2.30. The Kier molecular flexibility index (Phi) is 2.91. The van der Waals surface area contributed by atoms with Crippen LogP contribution < -0.4 is 5.73 Å². The highest BCUT2D eigenvalue weighted by Gasteiger charge is 2.26. The fourth-order valence-corrected chi connectivity index (χ4v) is 1.78. The molecule has 0 aliphatic carbocycles. The van der Waals surface area contributed by atoms with Gasteiger partial charge in [-0.25, -0.2) is 4.98 Å². The van der Waals surface area contributed by atoms with Gasteiger partial charge in [-0.3, -0.25) is 9.78 Å². The Hall–Kier alpha value is -1.49. The second-order valence-corrected chi connectivity index (χ2v) is 3.73. The highest BCUT2D eigenvalue weighted by molar-refractivity contribution is 5.92. The summed E-state index contributed by atoms with van der Waals surface area (Å²) in [5.74, 6) is 0.393. The maximum absolute atomic E-state index is 11.9. The molecule has 1 saturated heterocycles. The molecule has 15 heavy (non-hydrogen) atoms. The summed E-state index contributed by atoms with van der Waals surface area (Å²) in [6.07, 6.45) is 5.58. The fourth-order valence-electron chi connectivity index (χ4n) is 1.78. The molecular formula is C10H14N4O. The number of nitrogens with two attached hydrogens (primary N) is 1. The number of amides is 1. The Morgan fingerprint density at radius 1 is 1.60 bits per heavy atom. The van der Waals surface area contributed by atoms with E-state index in [4.69, 9.17) is 5.73 Å². The molecule has 1 aromatic rings. The van der Waals surface area contributed by atoms with Gasteiger partial charge in [-0.15, -0.1) is 0 Å². The SMILES string of the molecule is NC[C@@H]1CCN(C(=O)c2cnccn2)C1. The summed E-state index contributed by atoms with van der Waals surface area (Å²) in [4.78, 5) is 21.6. The van der Waals surface area contributed by atoms with Gasteiger partial charge in [0.05, 0.1) is 6.20 Å². The molecule has 1 atom stereocenters. The van der Waals surface area contributed by atoms with Crippen LogP contribution in [0.15, 0.2) is 18.6 Å². The lowest BCUT2D eigenvalue weighted by atomic mass is 10.1. The summed E-state index contributed by atoms with van der Waals surface area (Å²) < 4.78 is 0. The lowest BCUT2D eigenvalue weighted by molar-refractivity contribution is 0.0781. The minimum Gasteiger partial charge on any atom is -0.337 e. The Bertz CT molecular complexity index is 341. The second kappa shape index (κ2) is 4.35. The van der Waals surface area contributed by atoms with Gasteiger partial charge in [0.2, 0.25) is 0 Å². The van der Waals surface area contributed by atoms with Gasteiger partial charge in [0.15, 0.2) is 0 Å². The van der Waals surface area contributed by atoms with Gasteiger partial charge in [-0.05, 0) is 18.9 Å². The molecule has 80 valence electrons. The van der Waals surface area contributed by atoms with E-state index in [2.05, 4.69) is 9.97 Å². The largest absolute Gasteiger partial charge is 0.337 e. The van der Waals surface area contributed by atoms with Crippen LogP contribution in [-0.2, 0) is 0 Å². The summed E-state index contributed by atoms with van der Waals surface area (Å²) in [6.45, 7) is 2.16. The quantitative estimate of drug-likeness (QED) is 0.733. The van der Waals surface area contributed by atoms with Crippen molar-refractivity contribution < 1.29 is 4.79 Å². The van der Waals surface area contributed by atoms with Crippen LogP contribution in [0.25, 0.3) is 0 Å². The minimum atomic E-state index is -0.0425. The van der Waals surface area contributed by atoms with E-state index in [1.807, 2.05) is 0 Å². The van der Waals surface area contributed by atoms with Gasteiger partial charge in [0.25, 0.3) is 5.91 Å². The first kappa shape index (κ1) is 10.0. The van der Waals surface area contributed by atoms with Gasteiger partial charge in [0.1, 0.15) is 5.69 Å². The molecule has 0 radical (unpaired) electrons. The first-order valence-corrected chi connectivity index (χ1v) is 5.06. The van der Waals surface area contributed by atoms with Crippen molar-refractivity contribution in [1.82, 2.24) is 14.9 Å². The molecule has 1 amide bonds. The smallest absolute Gasteiger partial charge is 0.274 e. The summed E-state index contributed by atoms with van der Waals surface area (Å²) in [5, 5.41) is 0. The fraction of sp³-hybridized carbons (Fsp3) is 0.500. The van der Waals surface area contributed by atoms with Crippen LogP contribution in [0.1, 0.15) is 16.9 Å². The van der Waals surface area contributed by atoms with E-state index < -0.39 is 0 Å². The van der Waals surface area contributed by atoms with E-state index in [0.717, 1.165) is 19.5 Å². The van der Waals surface area contributed by atoms with Gasteiger partial charge < -0.3 is 10.6 Å². The van der Waals surface area contributed by atoms with Crippen LogP contribution in [0.2, 0.25) is 0 Å². The van der Waals surface area contributed by atoms with Crippen molar-refractivity contribution >= 4 is 5.91 Å². The zero-order valence-electron chi connectivity index (χ0n) is 8.47. The Morgan fingerprint density at radius 3 is 3.07 bits per heavy atom. The highest BCUT2D eigenvalue weighted by Crippen LogP contribution is 2.16. The summed E-state index contributed by atoms with van der Waals surface area (Å²) in [6, 6.07) is 0. The zero-order valence-corrected chi connectivity index (χ0v) is 8.47. The molecule has 2 N–H and O–H groups in total.